The normalized spacial score (nSPS) is 18.2. The van der Waals surface area contributed by atoms with Crippen molar-refractivity contribution in [2.75, 3.05) is 7.05 Å². The molecule has 1 unspecified atom stereocenters. The largest absolute Gasteiger partial charge is 0.350 e. The smallest absolute Gasteiger partial charge is 0.222 e. The summed E-state index contributed by atoms with van der Waals surface area (Å²) in [6.07, 6.45) is 6.42. The van der Waals surface area contributed by atoms with Crippen LogP contribution >= 0.6 is 0 Å². The third-order valence-corrected chi connectivity index (χ3v) is 6.09. The fourth-order valence-corrected chi connectivity index (χ4v) is 4.29. The monoisotopic (exact) mass is 416 g/mol. The number of carbonyl (C=O) groups is 2. The fraction of sp³-hybridized carbons (Fsp3) is 0.360. The molecule has 1 aliphatic heterocycles. The van der Waals surface area contributed by atoms with E-state index in [4.69, 9.17) is 0 Å². The van der Waals surface area contributed by atoms with Crippen molar-refractivity contribution in [1.82, 2.24) is 20.2 Å². The molecule has 1 fully saturated rings. The van der Waals surface area contributed by atoms with Gasteiger partial charge in [0.1, 0.15) is 0 Å². The maximum Gasteiger partial charge on any atom is 0.222 e. The van der Waals surface area contributed by atoms with Crippen molar-refractivity contribution in [1.29, 1.82) is 0 Å². The standard InChI is InChI=1S/C25H28N4O2/c1-18-3-5-19(6-4-18)16-25(11-9-23(30)28-25)12-10-24(31)29(2)17-20-7-8-21-22(15-20)27-14-13-26-21/h3-8,13-15H,9-12,16-17H2,1-2H3,(H,28,30). The zero-order valence-corrected chi connectivity index (χ0v) is 18.1. The summed E-state index contributed by atoms with van der Waals surface area (Å²) in [6.45, 7) is 2.58. The van der Waals surface area contributed by atoms with E-state index in [0.717, 1.165) is 29.4 Å². The summed E-state index contributed by atoms with van der Waals surface area (Å²) in [4.78, 5) is 35.3. The van der Waals surface area contributed by atoms with Crippen molar-refractivity contribution in [3.05, 3.63) is 71.5 Å². The van der Waals surface area contributed by atoms with E-state index < -0.39 is 0 Å². The summed E-state index contributed by atoms with van der Waals surface area (Å²) in [7, 11) is 1.82. The van der Waals surface area contributed by atoms with Crippen LogP contribution in [-0.2, 0) is 22.6 Å². The molecule has 0 aliphatic carbocycles. The van der Waals surface area contributed by atoms with Gasteiger partial charge in [-0.25, -0.2) is 0 Å². The van der Waals surface area contributed by atoms with Gasteiger partial charge in [-0.3, -0.25) is 19.6 Å². The lowest BCUT2D eigenvalue weighted by atomic mass is 9.84. The second-order valence-electron chi connectivity index (χ2n) is 8.62. The van der Waals surface area contributed by atoms with Gasteiger partial charge in [0.2, 0.25) is 11.8 Å². The van der Waals surface area contributed by atoms with E-state index in [1.54, 1.807) is 17.3 Å². The molecule has 3 aromatic rings. The fourth-order valence-electron chi connectivity index (χ4n) is 4.29. The first kappa shape index (κ1) is 21.0. The predicted molar refractivity (Wildman–Crippen MR) is 120 cm³/mol. The molecule has 0 bridgehead atoms. The number of benzene rings is 2. The molecule has 160 valence electrons. The zero-order chi connectivity index (χ0) is 21.8. The number of rotatable bonds is 7. The van der Waals surface area contributed by atoms with E-state index in [1.165, 1.54) is 11.1 Å². The van der Waals surface area contributed by atoms with Gasteiger partial charge in [0.15, 0.2) is 0 Å². The number of amides is 2. The quantitative estimate of drug-likeness (QED) is 0.639. The molecular weight excluding hydrogens is 388 g/mol. The topological polar surface area (TPSA) is 75.2 Å². The first-order valence-electron chi connectivity index (χ1n) is 10.7. The van der Waals surface area contributed by atoms with Crippen LogP contribution in [0.25, 0.3) is 11.0 Å². The van der Waals surface area contributed by atoms with Gasteiger partial charge in [-0.15, -0.1) is 0 Å². The van der Waals surface area contributed by atoms with Crippen LogP contribution < -0.4 is 5.32 Å². The van der Waals surface area contributed by atoms with Crippen molar-refractivity contribution in [3.8, 4) is 0 Å². The Bertz CT molecular complexity index is 1100. The molecule has 2 amide bonds. The Labute approximate surface area is 182 Å². The third-order valence-electron chi connectivity index (χ3n) is 6.09. The van der Waals surface area contributed by atoms with Gasteiger partial charge in [0.25, 0.3) is 0 Å². The van der Waals surface area contributed by atoms with Crippen LogP contribution in [-0.4, -0.2) is 39.3 Å². The molecule has 0 spiro atoms. The van der Waals surface area contributed by atoms with E-state index in [2.05, 4.69) is 46.5 Å². The Morgan fingerprint density at radius 2 is 1.77 bits per heavy atom. The van der Waals surface area contributed by atoms with Crippen LogP contribution in [0, 0.1) is 6.92 Å². The molecule has 1 saturated heterocycles. The van der Waals surface area contributed by atoms with Crippen LogP contribution in [0.1, 0.15) is 42.4 Å². The number of aryl methyl sites for hydroxylation is 1. The van der Waals surface area contributed by atoms with Gasteiger partial charge in [-0.1, -0.05) is 35.9 Å². The van der Waals surface area contributed by atoms with E-state index in [9.17, 15) is 9.59 Å². The maximum atomic E-state index is 12.9. The van der Waals surface area contributed by atoms with E-state index in [-0.39, 0.29) is 17.4 Å². The van der Waals surface area contributed by atoms with Crippen LogP contribution in [0.3, 0.4) is 0 Å². The van der Waals surface area contributed by atoms with Gasteiger partial charge < -0.3 is 10.2 Å². The number of nitrogens with zero attached hydrogens (tertiary/aromatic N) is 3. The average molecular weight is 417 g/mol. The molecule has 1 aromatic heterocycles. The van der Waals surface area contributed by atoms with Crippen LogP contribution in [0.4, 0.5) is 0 Å². The Hall–Kier alpha value is -3.28. The van der Waals surface area contributed by atoms with E-state index in [1.807, 2.05) is 25.2 Å². The molecule has 1 atom stereocenters. The first-order chi connectivity index (χ1) is 14.9. The predicted octanol–water partition coefficient (Wildman–Crippen LogP) is 3.57. The molecule has 1 aliphatic rings. The molecule has 2 aromatic carbocycles. The molecule has 0 radical (unpaired) electrons. The summed E-state index contributed by atoms with van der Waals surface area (Å²) in [5, 5.41) is 3.17. The molecular formula is C25H28N4O2. The summed E-state index contributed by atoms with van der Waals surface area (Å²) in [6, 6.07) is 14.3. The van der Waals surface area contributed by atoms with Crippen molar-refractivity contribution in [3.63, 3.8) is 0 Å². The summed E-state index contributed by atoms with van der Waals surface area (Å²) < 4.78 is 0. The van der Waals surface area contributed by atoms with Gasteiger partial charge in [-0.2, -0.15) is 0 Å². The number of hydrogen-bond donors (Lipinski definition) is 1. The molecule has 0 saturated carbocycles. The molecule has 4 rings (SSSR count). The Morgan fingerprint density at radius 3 is 2.48 bits per heavy atom. The molecule has 1 N–H and O–H groups in total. The summed E-state index contributed by atoms with van der Waals surface area (Å²) in [5.41, 5.74) is 4.74. The minimum absolute atomic E-state index is 0.0728. The van der Waals surface area contributed by atoms with Crippen molar-refractivity contribution < 1.29 is 9.59 Å². The Balaban J connectivity index is 1.39. The maximum absolute atomic E-state index is 12.9. The zero-order valence-electron chi connectivity index (χ0n) is 18.1. The Kier molecular flexibility index (Phi) is 5.98. The molecule has 31 heavy (non-hydrogen) atoms. The number of nitrogens with one attached hydrogen (secondary N) is 1. The van der Waals surface area contributed by atoms with Gasteiger partial charge >= 0.3 is 0 Å². The summed E-state index contributed by atoms with van der Waals surface area (Å²) >= 11 is 0. The molecule has 6 nitrogen and oxygen atoms in total. The lowest BCUT2D eigenvalue weighted by Crippen LogP contribution is -2.44. The molecule has 6 heteroatoms. The van der Waals surface area contributed by atoms with Crippen LogP contribution in [0.2, 0.25) is 0 Å². The minimum atomic E-state index is -0.346. The average Bonchev–Trinajstić information content (AvgIpc) is 3.14. The van der Waals surface area contributed by atoms with Gasteiger partial charge in [0, 0.05) is 44.4 Å². The lowest BCUT2D eigenvalue weighted by Gasteiger charge is -2.30. The number of aromatic nitrogens is 2. The molecule has 2 heterocycles. The van der Waals surface area contributed by atoms with Crippen LogP contribution in [0.5, 0.6) is 0 Å². The highest BCUT2D eigenvalue weighted by Crippen LogP contribution is 2.30. The highest BCUT2D eigenvalue weighted by atomic mass is 16.2. The lowest BCUT2D eigenvalue weighted by molar-refractivity contribution is -0.131. The van der Waals surface area contributed by atoms with Gasteiger partial charge in [-0.05, 0) is 49.4 Å². The number of fused-ring (bicyclic) bond motifs is 1. The van der Waals surface area contributed by atoms with Crippen molar-refractivity contribution in [2.45, 2.75) is 51.1 Å². The van der Waals surface area contributed by atoms with Crippen LogP contribution in [0.15, 0.2) is 54.9 Å². The van der Waals surface area contributed by atoms with Gasteiger partial charge in [0.05, 0.1) is 11.0 Å². The van der Waals surface area contributed by atoms with Crippen molar-refractivity contribution >= 4 is 22.8 Å². The SMILES string of the molecule is Cc1ccc(CC2(CCC(=O)N(C)Cc3ccc4nccnc4c3)CCC(=O)N2)cc1. The highest BCUT2D eigenvalue weighted by Gasteiger charge is 2.38. The second kappa shape index (κ2) is 8.84. The van der Waals surface area contributed by atoms with Crippen molar-refractivity contribution in [2.24, 2.45) is 0 Å². The minimum Gasteiger partial charge on any atom is -0.350 e. The van der Waals surface area contributed by atoms with E-state index >= 15 is 0 Å². The highest BCUT2D eigenvalue weighted by molar-refractivity contribution is 5.80. The summed E-state index contributed by atoms with van der Waals surface area (Å²) in [5.74, 6) is 0.147. The number of carbonyl (C=O) groups excluding carboxylic acids is 2. The number of hydrogen-bond acceptors (Lipinski definition) is 4. The third kappa shape index (κ3) is 5.08. The Morgan fingerprint density at radius 1 is 1.06 bits per heavy atom. The second-order valence-corrected chi connectivity index (χ2v) is 8.62. The van der Waals surface area contributed by atoms with E-state index in [0.29, 0.717) is 25.8 Å². The first-order valence-corrected chi connectivity index (χ1v) is 10.7.